The predicted molar refractivity (Wildman–Crippen MR) is 89.2 cm³/mol. The van der Waals surface area contributed by atoms with Crippen molar-refractivity contribution >= 4 is 12.0 Å². The average molecular weight is 316 g/mol. The average Bonchev–Trinajstić information content (AvgIpc) is 2.93. The van der Waals surface area contributed by atoms with Gasteiger partial charge in [0.2, 0.25) is 5.90 Å². The zero-order chi connectivity index (χ0) is 16.7. The Bertz CT molecular complexity index is 637. The molecular formula is C18H24N2O3. The summed E-state index contributed by atoms with van der Waals surface area (Å²) in [5.74, 6) is 0.705. The number of ether oxygens (including phenoxy) is 2. The van der Waals surface area contributed by atoms with Crippen LogP contribution in [0.2, 0.25) is 0 Å². The van der Waals surface area contributed by atoms with Crippen LogP contribution < -0.4 is 0 Å². The van der Waals surface area contributed by atoms with Crippen molar-refractivity contribution in [3.63, 3.8) is 0 Å². The number of allylic oxidation sites excluding steroid dienone is 5. The molecule has 1 aliphatic carbocycles. The minimum atomic E-state index is -0.490. The molecule has 3 aliphatic rings. The standard InChI is InChI=1S/C18H24N2O3/c1-17(2,3)23-16(21)20-11-10-18(12-20)13-8-6-5-7-9-14(13)19-15(18)22-4/h5-6,8-9H,7,10-12H2,1-4H3. The molecule has 1 saturated heterocycles. The molecule has 1 unspecified atom stereocenters. The van der Waals surface area contributed by atoms with Gasteiger partial charge in [-0.05, 0) is 39.2 Å². The number of aliphatic imine (C=N–C) groups is 1. The number of rotatable bonds is 0. The first-order valence-corrected chi connectivity index (χ1v) is 8.05. The molecule has 1 atom stereocenters. The summed E-state index contributed by atoms with van der Waals surface area (Å²) in [5.41, 5.74) is 1.29. The number of carbonyl (C=O) groups excluding carboxylic acids is 1. The van der Waals surface area contributed by atoms with Crippen LogP contribution in [0.15, 0.2) is 40.6 Å². The summed E-state index contributed by atoms with van der Waals surface area (Å²) in [6, 6.07) is 0. The van der Waals surface area contributed by atoms with Crippen LogP contribution in [-0.4, -0.2) is 42.7 Å². The van der Waals surface area contributed by atoms with Crippen molar-refractivity contribution in [3.8, 4) is 0 Å². The van der Waals surface area contributed by atoms with Gasteiger partial charge in [-0.15, -0.1) is 0 Å². The highest BCUT2D eigenvalue weighted by Crippen LogP contribution is 2.48. The molecule has 0 aromatic rings. The molecule has 5 nitrogen and oxygen atoms in total. The molecular weight excluding hydrogens is 292 g/mol. The van der Waals surface area contributed by atoms with E-state index >= 15 is 0 Å². The number of carbonyl (C=O) groups is 1. The Kier molecular flexibility index (Phi) is 3.82. The first-order valence-electron chi connectivity index (χ1n) is 8.05. The van der Waals surface area contributed by atoms with Crippen LogP contribution in [0.4, 0.5) is 4.79 Å². The predicted octanol–water partition coefficient (Wildman–Crippen LogP) is 3.44. The third-order valence-electron chi connectivity index (χ3n) is 4.38. The van der Waals surface area contributed by atoms with Gasteiger partial charge in [-0.1, -0.05) is 24.3 Å². The Morgan fingerprint density at radius 1 is 1.39 bits per heavy atom. The molecule has 1 fully saturated rings. The molecule has 0 bridgehead atoms. The first-order chi connectivity index (χ1) is 10.9. The second-order valence-corrected chi connectivity index (χ2v) is 7.19. The summed E-state index contributed by atoms with van der Waals surface area (Å²) in [4.78, 5) is 18.8. The molecule has 0 saturated carbocycles. The number of hydrogen-bond acceptors (Lipinski definition) is 4. The summed E-state index contributed by atoms with van der Waals surface area (Å²) in [6.45, 7) is 6.84. The number of likely N-dealkylation sites (tertiary alicyclic amines) is 1. The highest BCUT2D eigenvalue weighted by molar-refractivity contribution is 5.93. The smallest absolute Gasteiger partial charge is 0.410 e. The Morgan fingerprint density at radius 3 is 2.87 bits per heavy atom. The lowest BCUT2D eigenvalue weighted by molar-refractivity contribution is 0.0285. The molecule has 5 heteroatoms. The van der Waals surface area contributed by atoms with E-state index in [1.54, 1.807) is 12.0 Å². The number of amides is 1. The maximum absolute atomic E-state index is 12.4. The quantitative estimate of drug-likeness (QED) is 0.688. The molecule has 3 rings (SSSR count). The lowest BCUT2D eigenvalue weighted by atomic mass is 9.79. The largest absolute Gasteiger partial charge is 0.483 e. The van der Waals surface area contributed by atoms with Gasteiger partial charge in [0.15, 0.2) is 0 Å². The summed E-state index contributed by atoms with van der Waals surface area (Å²) < 4.78 is 11.1. The third-order valence-corrected chi connectivity index (χ3v) is 4.38. The van der Waals surface area contributed by atoms with Crippen molar-refractivity contribution in [1.29, 1.82) is 0 Å². The van der Waals surface area contributed by atoms with Gasteiger partial charge in [-0.2, -0.15) is 0 Å². The fraction of sp³-hybridized carbons (Fsp3) is 0.556. The SMILES string of the molecule is COC1=NC2=CCC=CC=C2C12CCN(C(=O)OC(C)(C)C)C2. The van der Waals surface area contributed by atoms with Crippen molar-refractivity contribution in [2.24, 2.45) is 10.4 Å². The molecule has 124 valence electrons. The molecule has 0 aromatic heterocycles. The van der Waals surface area contributed by atoms with E-state index in [9.17, 15) is 4.79 Å². The van der Waals surface area contributed by atoms with Crippen LogP contribution in [-0.2, 0) is 9.47 Å². The monoisotopic (exact) mass is 316 g/mol. The first kappa shape index (κ1) is 15.8. The van der Waals surface area contributed by atoms with Gasteiger partial charge >= 0.3 is 6.09 Å². The number of hydrogen-bond donors (Lipinski definition) is 0. The highest BCUT2D eigenvalue weighted by Gasteiger charge is 2.52. The normalized spacial score (nSPS) is 26.4. The molecule has 0 N–H and O–H groups in total. The Balaban J connectivity index is 1.87. The fourth-order valence-electron chi connectivity index (χ4n) is 3.39. The topological polar surface area (TPSA) is 51.1 Å². The Hall–Kier alpha value is -2.04. The van der Waals surface area contributed by atoms with Gasteiger partial charge in [-0.25, -0.2) is 9.79 Å². The van der Waals surface area contributed by atoms with Gasteiger partial charge in [0, 0.05) is 13.1 Å². The molecule has 0 aromatic carbocycles. The van der Waals surface area contributed by atoms with E-state index in [2.05, 4.69) is 29.3 Å². The minimum absolute atomic E-state index is 0.271. The maximum atomic E-state index is 12.4. The van der Waals surface area contributed by atoms with E-state index in [0.717, 1.165) is 24.1 Å². The molecule has 1 spiro atoms. The zero-order valence-electron chi connectivity index (χ0n) is 14.3. The van der Waals surface area contributed by atoms with E-state index in [1.807, 2.05) is 20.8 Å². The second-order valence-electron chi connectivity index (χ2n) is 7.19. The number of fused-ring (bicyclic) bond motifs is 2. The van der Waals surface area contributed by atoms with Gasteiger partial charge in [0.05, 0.1) is 18.2 Å². The van der Waals surface area contributed by atoms with Gasteiger partial charge in [-0.3, -0.25) is 0 Å². The summed E-state index contributed by atoms with van der Waals surface area (Å²) in [7, 11) is 1.65. The molecule has 0 radical (unpaired) electrons. The number of methoxy groups -OCH3 is 1. The van der Waals surface area contributed by atoms with Crippen LogP contribution in [0, 0.1) is 5.41 Å². The van der Waals surface area contributed by atoms with Crippen LogP contribution >= 0.6 is 0 Å². The second kappa shape index (κ2) is 5.55. The van der Waals surface area contributed by atoms with E-state index < -0.39 is 5.60 Å². The van der Waals surface area contributed by atoms with Crippen molar-refractivity contribution in [2.45, 2.75) is 39.2 Å². The van der Waals surface area contributed by atoms with E-state index in [1.165, 1.54) is 0 Å². The van der Waals surface area contributed by atoms with Crippen LogP contribution in [0.3, 0.4) is 0 Å². The fourth-order valence-corrected chi connectivity index (χ4v) is 3.39. The minimum Gasteiger partial charge on any atom is -0.483 e. The van der Waals surface area contributed by atoms with Gasteiger partial charge in [0.25, 0.3) is 0 Å². The third kappa shape index (κ3) is 2.80. The molecule has 23 heavy (non-hydrogen) atoms. The highest BCUT2D eigenvalue weighted by atomic mass is 16.6. The molecule has 2 heterocycles. The lowest BCUT2D eigenvalue weighted by Gasteiger charge is -2.28. The molecule has 2 aliphatic heterocycles. The van der Waals surface area contributed by atoms with E-state index in [-0.39, 0.29) is 11.5 Å². The van der Waals surface area contributed by atoms with Crippen molar-refractivity contribution in [3.05, 3.63) is 35.6 Å². The van der Waals surface area contributed by atoms with Gasteiger partial charge in [0.1, 0.15) is 5.60 Å². The maximum Gasteiger partial charge on any atom is 0.410 e. The van der Waals surface area contributed by atoms with Gasteiger partial charge < -0.3 is 14.4 Å². The van der Waals surface area contributed by atoms with Crippen LogP contribution in [0.1, 0.15) is 33.6 Å². The zero-order valence-corrected chi connectivity index (χ0v) is 14.3. The summed E-state index contributed by atoms with van der Waals surface area (Å²) in [6.07, 6.45) is 9.77. The van der Waals surface area contributed by atoms with E-state index in [4.69, 9.17) is 9.47 Å². The van der Waals surface area contributed by atoms with Crippen molar-refractivity contribution in [2.75, 3.05) is 20.2 Å². The van der Waals surface area contributed by atoms with Crippen molar-refractivity contribution in [1.82, 2.24) is 4.90 Å². The summed E-state index contributed by atoms with van der Waals surface area (Å²) >= 11 is 0. The lowest BCUT2D eigenvalue weighted by Crippen LogP contribution is -2.39. The number of nitrogens with zero attached hydrogens (tertiary/aromatic N) is 2. The Labute approximate surface area is 137 Å². The van der Waals surface area contributed by atoms with Crippen LogP contribution in [0.25, 0.3) is 0 Å². The van der Waals surface area contributed by atoms with Crippen molar-refractivity contribution < 1.29 is 14.3 Å². The Morgan fingerprint density at radius 2 is 2.17 bits per heavy atom. The molecule has 1 amide bonds. The van der Waals surface area contributed by atoms with Crippen LogP contribution in [0.5, 0.6) is 0 Å². The van der Waals surface area contributed by atoms with E-state index in [0.29, 0.717) is 19.0 Å². The summed E-state index contributed by atoms with van der Waals surface area (Å²) in [5, 5.41) is 0.